The van der Waals surface area contributed by atoms with E-state index < -0.39 is 0 Å². The Morgan fingerprint density at radius 3 is 2.00 bits per heavy atom. The van der Waals surface area contributed by atoms with E-state index in [4.69, 9.17) is 4.74 Å². The summed E-state index contributed by atoms with van der Waals surface area (Å²) in [5.41, 5.74) is 1.30. The average Bonchev–Trinajstić information content (AvgIpc) is 1.97. The summed E-state index contributed by atoms with van der Waals surface area (Å²) in [5, 5.41) is 0. The minimum atomic E-state index is 0.920. The van der Waals surface area contributed by atoms with Gasteiger partial charge < -0.3 is 4.74 Å². The summed E-state index contributed by atoms with van der Waals surface area (Å²) in [7, 11) is 1.67. The Morgan fingerprint density at radius 2 is 1.55 bits per heavy atom. The van der Waals surface area contributed by atoms with Crippen molar-refractivity contribution in [2.45, 2.75) is 20.8 Å². The Morgan fingerprint density at radius 1 is 1.00 bits per heavy atom. The van der Waals surface area contributed by atoms with Crippen molar-refractivity contribution >= 4 is 0 Å². The minimum Gasteiger partial charge on any atom is -0.501 e. The molecule has 0 radical (unpaired) electrons. The predicted molar refractivity (Wildman–Crippen MR) is 49.3 cm³/mol. The van der Waals surface area contributed by atoms with Crippen molar-refractivity contribution in [2.24, 2.45) is 0 Å². The Labute approximate surface area is 69.1 Å². The van der Waals surface area contributed by atoms with Gasteiger partial charge in [0.1, 0.15) is 0 Å². The van der Waals surface area contributed by atoms with E-state index in [-0.39, 0.29) is 0 Å². The van der Waals surface area contributed by atoms with Gasteiger partial charge in [0.2, 0.25) is 0 Å². The standard InChI is InChI=1S/C10H16O/c1-9(2)7-5-6-8-10(3)11-4/h5-8H,1-4H3/b6-5-,10-8+. The van der Waals surface area contributed by atoms with E-state index in [0.717, 1.165) is 5.76 Å². The van der Waals surface area contributed by atoms with Crippen LogP contribution in [0.2, 0.25) is 0 Å². The van der Waals surface area contributed by atoms with E-state index in [1.54, 1.807) is 7.11 Å². The van der Waals surface area contributed by atoms with E-state index in [0.29, 0.717) is 0 Å². The van der Waals surface area contributed by atoms with Crippen LogP contribution in [0.1, 0.15) is 20.8 Å². The van der Waals surface area contributed by atoms with Gasteiger partial charge in [0.25, 0.3) is 0 Å². The maximum atomic E-state index is 4.95. The molecule has 11 heavy (non-hydrogen) atoms. The molecule has 0 N–H and O–H groups in total. The molecule has 0 heterocycles. The summed E-state index contributed by atoms with van der Waals surface area (Å²) in [6.07, 6.45) is 7.95. The predicted octanol–water partition coefficient (Wildman–Crippen LogP) is 3.06. The van der Waals surface area contributed by atoms with Crippen LogP contribution in [0.5, 0.6) is 0 Å². The van der Waals surface area contributed by atoms with Gasteiger partial charge in [-0.25, -0.2) is 0 Å². The van der Waals surface area contributed by atoms with Crippen LogP contribution in [-0.4, -0.2) is 7.11 Å². The van der Waals surface area contributed by atoms with Gasteiger partial charge in [0, 0.05) is 0 Å². The number of rotatable bonds is 3. The SMILES string of the molecule is CO/C(C)=C/C=C\C=C(C)C. The Bertz CT molecular complexity index is 181. The molecular formula is C10H16O. The third kappa shape index (κ3) is 6.91. The fourth-order valence-corrected chi connectivity index (χ4v) is 0.507. The Hall–Kier alpha value is -0.980. The van der Waals surface area contributed by atoms with E-state index in [2.05, 4.69) is 19.9 Å². The zero-order valence-corrected chi connectivity index (χ0v) is 7.72. The molecule has 0 amide bonds. The van der Waals surface area contributed by atoms with Crippen LogP contribution in [0.15, 0.2) is 35.6 Å². The largest absolute Gasteiger partial charge is 0.501 e. The fraction of sp³-hybridized carbons (Fsp3) is 0.400. The topological polar surface area (TPSA) is 9.23 Å². The van der Waals surface area contributed by atoms with Crippen LogP contribution in [0.3, 0.4) is 0 Å². The molecule has 0 saturated heterocycles. The second-order valence-corrected chi connectivity index (χ2v) is 2.61. The van der Waals surface area contributed by atoms with Gasteiger partial charge in [-0.05, 0) is 26.8 Å². The summed E-state index contributed by atoms with van der Waals surface area (Å²) < 4.78 is 4.95. The Kier molecular flexibility index (Phi) is 5.26. The molecule has 0 aromatic heterocycles. The molecule has 0 atom stereocenters. The molecular weight excluding hydrogens is 136 g/mol. The quantitative estimate of drug-likeness (QED) is 0.446. The lowest BCUT2D eigenvalue weighted by Gasteiger charge is -1.93. The highest BCUT2D eigenvalue weighted by molar-refractivity contribution is 5.15. The first kappa shape index (κ1) is 10.0. The number of ether oxygens (including phenoxy) is 1. The first-order valence-electron chi connectivity index (χ1n) is 3.69. The summed E-state index contributed by atoms with van der Waals surface area (Å²) in [6, 6.07) is 0. The van der Waals surface area contributed by atoms with Crippen LogP contribution in [0.4, 0.5) is 0 Å². The third-order valence-corrected chi connectivity index (χ3v) is 1.19. The molecule has 0 saturated carbocycles. The minimum absolute atomic E-state index is 0.920. The number of hydrogen-bond acceptors (Lipinski definition) is 1. The molecule has 0 aliphatic carbocycles. The van der Waals surface area contributed by atoms with Crippen molar-refractivity contribution in [3.05, 3.63) is 35.6 Å². The first-order valence-corrected chi connectivity index (χ1v) is 3.69. The summed E-state index contributed by atoms with van der Waals surface area (Å²) >= 11 is 0. The molecule has 0 unspecified atom stereocenters. The number of allylic oxidation sites excluding steroid dienone is 6. The zero-order chi connectivity index (χ0) is 8.69. The van der Waals surface area contributed by atoms with Crippen molar-refractivity contribution in [3.63, 3.8) is 0 Å². The monoisotopic (exact) mass is 152 g/mol. The molecule has 0 aromatic carbocycles. The number of hydrogen-bond donors (Lipinski definition) is 0. The molecule has 0 rings (SSSR count). The summed E-state index contributed by atoms with van der Waals surface area (Å²) in [5.74, 6) is 0.920. The van der Waals surface area contributed by atoms with E-state index >= 15 is 0 Å². The molecule has 62 valence electrons. The third-order valence-electron chi connectivity index (χ3n) is 1.19. The van der Waals surface area contributed by atoms with Crippen LogP contribution >= 0.6 is 0 Å². The summed E-state index contributed by atoms with van der Waals surface area (Å²) in [4.78, 5) is 0. The average molecular weight is 152 g/mol. The van der Waals surface area contributed by atoms with E-state index in [1.165, 1.54) is 5.57 Å². The maximum absolute atomic E-state index is 4.95. The van der Waals surface area contributed by atoms with Crippen molar-refractivity contribution in [3.8, 4) is 0 Å². The maximum Gasteiger partial charge on any atom is 0.0924 e. The summed E-state index contributed by atoms with van der Waals surface area (Å²) in [6.45, 7) is 6.06. The van der Waals surface area contributed by atoms with Crippen molar-refractivity contribution in [2.75, 3.05) is 7.11 Å². The van der Waals surface area contributed by atoms with Gasteiger partial charge in [-0.3, -0.25) is 0 Å². The van der Waals surface area contributed by atoms with E-state index in [1.807, 2.05) is 25.2 Å². The zero-order valence-electron chi connectivity index (χ0n) is 7.72. The second-order valence-electron chi connectivity index (χ2n) is 2.61. The van der Waals surface area contributed by atoms with Crippen LogP contribution in [-0.2, 0) is 4.74 Å². The molecule has 0 aliphatic rings. The van der Waals surface area contributed by atoms with E-state index in [9.17, 15) is 0 Å². The van der Waals surface area contributed by atoms with Crippen molar-refractivity contribution < 1.29 is 4.74 Å². The van der Waals surface area contributed by atoms with Gasteiger partial charge in [0.05, 0.1) is 12.9 Å². The second kappa shape index (κ2) is 5.78. The first-order chi connectivity index (χ1) is 5.16. The van der Waals surface area contributed by atoms with Gasteiger partial charge in [0.15, 0.2) is 0 Å². The van der Waals surface area contributed by atoms with Crippen molar-refractivity contribution in [1.82, 2.24) is 0 Å². The highest BCUT2D eigenvalue weighted by atomic mass is 16.5. The Balaban J connectivity index is 3.87. The molecule has 0 fully saturated rings. The van der Waals surface area contributed by atoms with Crippen molar-refractivity contribution in [1.29, 1.82) is 0 Å². The molecule has 0 aliphatic heterocycles. The lowest BCUT2D eigenvalue weighted by molar-refractivity contribution is 0.294. The van der Waals surface area contributed by atoms with Crippen LogP contribution < -0.4 is 0 Å². The van der Waals surface area contributed by atoms with Crippen LogP contribution in [0.25, 0.3) is 0 Å². The lowest BCUT2D eigenvalue weighted by Crippen LogP contribution is -1.75. The number of methoxy groups -OCH3 is 1. The normalized spacial score (nSPS) is 11.8. The molecule has 0 bridgehead atoms. The lowest BCUT2D eigenvalue weighted by atomic mass is 10.3. The highest BCUT2D eigenvalue weighted by Crippen LogP contribution is 1.94. The van der Waals surface area contributed by atoms with Gasteiger partial charge >= 0.3 is 0 Å². The smallest absolute Gasteiger partial charge is 0.0924 e. The fourth-order valence-electron chi connectivity index (χ4n) is 0.507. The van der Waals surface area contributed by atoms with Gasteiger partial charge in [-0.2, -0.15) is 0 Å². The van der Waals surface area contributed by atoms with Gasteiger partial charge in [-0.1, -0.05) is 23.8 Å². The van der Waals surface area contributed by atoms with Crippen LogP contribution in [0, 0.1) is 0 Å². The molecule has 0 spiro atoms. The molecule has 0 aromatic rings. The molecule has 1 heteroatoms. The highest BCUT2D eigenvalue weighted by Gasteiger charge is 1.76. The van der Waals surface area contributed by atoms with Gasteiger partial charge in [-0.15, -0.1) is 0 Å². The molecule has 1 nitrogen and oxygen atoms in total.